The molecule has 0 bridgehead atoms. The van der Waals surface area contributed by atoms with Crippen molar-refractivity contribution in [3.8, 4) is 5.75 Å². The van der Waals surface area contributed by atoms with Crippen LogP contribution in [0.25, 0.3) is 0 Å². The second-order valence-corrected chi connectivity index (χ2v) is 5.07. The van der Waals surface area contributed by atoms with Gasteiger partial charge in [0.15, 0.2) is 0 Å². The molecule has 0 heterocycles. The molecule has 0 amide bonds. The summed E-state index contributed by atoms with van der Waals surface area (Å²) < 4.78 is 5.73. The van der Waals surface area contributed by atoms with Crippen molar-refractivity contribution in [3.63, 3.8) is 0 Å². The first-order chi connectivity index (χ1) is 9.19. The molecule has 2 N–H and O–H groups in total. The topological polar surface area (TPSA) is 35.2 Å². The molecule has 2 aromatic carbocycles. The van der Waals surface area contributed by atoms with Crippen molar-refractivity contribution in [1.29, 1.82) is 0 Å². The fourth-order valence-corrected chi connectivity index (χ4v) is 2.38. The van der Waals surface area contributed by atoms with Gasteiger partial charge in [0.25, 0.3) is 0 Å². The van der Waals surface area contributed by atoms with Crippen LogP contribution < -0.4 is 10.5 Å². The van der Waals surface area contributed by atoms with Crippen molar-refractivity contribution in [2.45, 2.75) is 13.0 Å². The van der Waals surface area contributed by atoms with Gasteiger partial charge in [0.2, 0.25) is 0 Å². The predicted octanol–water partition coefficient (Wildman–Crippen LogP) is 4.07. The van der Waals surface area contributed by atoms with E-state index in [1.807, 2.05) is 18.2 Å². The van der Waals surface area contributed by atoms with E-state index in [0.29, 0.717) is 28.9 Å². The minimum atomic E-state index is 0.479. The van der Waals surface area contributed by atoms with Crippen molar-refractivity contribution >= 4 is 23.2 Å². The van der Waals surface area contributed by atoms with E-state index in [1.54, 1.807) is 18.2 Å². The molecule has 0 unspecified atom stereocenters. The Morgan fingerprint density at radius 2 is 1.58 bits per heavy atom. The number of nitrogens with two attached hydrogens (primary N) is 1. The van der Waals surface area contributed by atoms with Gasteiger partial charge in [-0.05, 0) is 42.3 Å². The highest BCUT2D eigenvalue weighted by molar-refractivity contribution is 6.34. The van der Waals surface area contributed by atoms with Crippen LogP contribution in [0.5, 0.6) is 5.75 Å². The zero-order valence-electron chi connectivity index (χ0n) is 10.4. The van der Waals surface area contributed by atoms with Gasteiger partial charge in [-0.3, -0.25) is 0 Å². The maximum atomic E-state index is 5.93. The van der Waals surface area contributed by atoms with E-state index in [4.69, 9.17) is 33.7 Å². The Kier molecular flexibility index (Phi) is 5.08. The third-order valence-electron chi connectivity index (χ3n) is 2.76. The van der Waals surface area contributed by atoms with Crippen molar-refractivity contribution in [1.82, 2.24) is 0 Å². The second kappa shape index (κ2) is 6.80. The fourth-order valence-electron chi connectivity index (χ4n) is 1.87. The van der Waals surface area contributed by atoms with Gasteiger partial charge in [-0.1, -0.05) is 47.5 Å². The number of hydrogen-bond donors (Lipinski definition) is 1. The molecule has 0 aliphatic carbocycles. The van der Waals surface area contributed by atoms with Crippen LogP contribution in [-0.2, 0) is 13.0 Å². The second-order valence-electron chi connectivity index (χ2n) is 4.20. The normalized spacial score (nSPS) is 10.5. The Morgan fingerprint density at radius 1 is 0.947 bits per heavy atom. The minimum absolute atomic E-state index is 0.479. The van der Waals surface area contributed by atoms with Crippen molar-refractivity contribution in [2.75, 3.05) is 6.54 Å². The van der Waals surface area contributed by atoms with Crippen LogP contribution >= 0.6 is 23.2 Å². The first-order valence-corrected chi connectivity index (χ1v) is 6.80. The van der Waals surface area contributed by atoms with Crippen LogP contribution in [0.4, 0.5) is 0 Å². The summed E-state index contributed by atoms with van der Waals surface area (Å²) in [5.41, 5.74) is 7.94. The molecule has 2 aromatic rings. The van der Waals surface area contributed by atoms with Crippen molar-refractivity contribution in [2.24, 2.45) is 5.73 Å². The molecule has 0 aliphatic heterocycles. The Hall–Kier alpha value is -1.22. The number of hydrogen-bond acceptors (Lipinski definition) is 2. The van der Waals surface area contributed by atoms with E-state index in [1.165, 1.54) is 5.56 Å². The summed E-state index contributed by atoms with van der Waals surface area (Å²) in [5.74, 6) is 0.667. The number of benzene rings is 2. The molecule has 0 saturated heterocycles. The van der Waals surface area contributed by atoms with Crippen LogP contribution in [0.3, 0.4) is 0 Å². The van der Waals surface area contributed by atoms with Gasteiger partial charge < -0.3 is 10.5 Å². The Labute approximate surface area is 123 Å². The summed E-state index contributed by atoms with van der Waals surface area (Å²) in [6.45, 7) is 1.10. The Bertz CT molecular complexity index is 537. The summed E-state index contributed by atoms with van der Waals surface area (Å²) >= 11 is 11.9. The van der Waals surface area contributed by atoms with Gasteiger partial charge in [0.05, 0.1) is 0 Å². The molecule has 100 valence electrons. The highest BCUT2D eigenvalue weighted by Crippen LogP contribution is 2.25. The summed E-state index contributed by atoms with van der Waals surface area (Å²) in [7, 11) is 0. The molecule has 0 aliphatic rings. The maximum absolute atomic E-state index is 5.93. The zero-order valence-corrected chi connectivity index (χ0v) is 11.9. The lowest BCUT2D eigenvalue weighted by Crippen LogP contribution is -2.07. The average molecular weight is 296 g/mol. The van der Waals surface area contributed by atoms with E-state index < -0.39 is 0 Å². The first-order valence-electron chi connectivity index (χ1n) is 6.05. The number of halogens is 2. The predicted molar refractivity (Wildman–Crippen MR) is 80.0 cm³/mol. The molecule has 0 spiro atoms. The SMILES string of the molecule is NCCc1ccccc1COc1cc(Cl)cc(Cl)c1. The smallest absolute Gasteiger partial charge is 0.122 e. The quantitative estimate of drug-likeness (QED) is 0.902. The molecule has 0 fully saturated rings. The molecule has 0 aromatic heterocycles. The third-order valence-corrected chi connectivity index (χ3v) is 3.20. The molecule has 0 radical (unpaired) electrons. The molecule has 4 heteroatoms. The lowest BCUT2D eigenvalue weighted by Gasteiger charge is -2.11. The fraction of sp³-hybridized carbons (Fsp3) is 0.200. The summed E-state index contributed by atoms with van der Waals surface area (Å²) in [6.07, 6.45) is 0.843. The highest BCUT2D eigenvalue weighted by atomic mass is 35.5. The number of ether oxygens (including phenoxy) is 1. The first kappa shape index (κ1) is 14.2. The summed E-state index contributed by atoms with van der Waals surface area (Å²) in [6, 6.07) is 13.3. The summed E-state index contributed by atoms with van der Waals surface area (Å²) in [4.78, 5) is 0. The Morgan fingerprint density at radius 3 is 2.21 bits per heavy atom. The lowest BCUT2D eigenvalue weighted by molar-refractivity contribution is 0.305. The molecule has 2 nitrogen and oxygen atoms in total. The van der Waals surface area contributed by atoms with Crippen LogP contribution in [0.1, 0.15) is 11.1 Å². The van der Waals surface area contributed by atoms with Crippen molar-refractivity contribution in [3.05, 3.63) is 63.6 Å². The molecular formula is C15H15Cl2NO. The zero-order chi connectivity index (χ0) is 13.7. The van der Waals surface area contributed by atoms with Gasteiger partial charge in [-0.15, -0.1) is 0 Å². The van der Waals surface area contributed by atoms with Crippen LogP contribution in [-0.4, -0.2) is 6.54 Å². The van der Waals surface area contributed by atoms with Gasteiger partial charge in [-0.25, -0.2) is 0 Å². The van der Waals surface area contributed by atoms with Crippen molar-refractivity contribution < 1.29 is 4.74 Å². The van der Waals surface area contributed by atoms with Crippen LogP contribution in [0.15, 0.2) is 42.5 Å². The van der Waals surface area contributed by atoms with E-state index in [-0.39, 0.29) is 0 Å². The molecular weight excluding hydrogens is 281 g/mol. The van der Waals surface area contributed by atoms with E-state index >= 15 is 0 Å². The summed E-state index contributed by atoms with van der Waals surface area (Å²) in [5, 5.41) is 1.13. The standard InChI is InChI=1S/C15H15Cl2NO/c16-13-7-14(17)9-15(8-13)19-10-12-4-2-1-3-11(12)5-6-18/h1-4,7-9H,5-6,10,18H2. The van der Waals surface area contributed by atoms with Gasteiger partial charge in [-0.2, -0.15) is 0 Å². The third kappa shape index (κ3) is 4.13. The maximum Gasteiger partial charge on any atom is 0.122 e. The van der Waals surface area contributed by atoms with Gasteiger partial charge in [0.1, 0.15) is 12.4 Å². The lowest BCUT2D eigenvalue weighted by atomic mass is 10.1. The van der Waals surface area contributed by atoms with Gasteiger partial charge in [0, 0.05) is 10.0 Å². The molecule has 0 saturated carbocycles. The highest BCUT2D eigenvalue weighted by Gasteiger charge is 2.03. The molecule has 0 atom stereocenters. The average Bonchev–Trinajstić information content (AvgIpc) is 2.37. The molecule has 2 rings (SSSR count). The minimum Gasteiger partial charge on any atom is -0.489 e. The van der Waals surface area contributed by atoms with E-state index in [0.717, 1.165) is 12.0 Å². The Balaban J connectivity index is 2.09. The molecule has 19 heavy (non-hydrogen) atoms. The van der Waals surface area contributed by atoms with Gasteiger partial charge >= 0.3 is 0 Å². The van der Waals surface area contributed by atoms with Crippen LogP contribution in [0.2, 0.25) is 10.0 Å². The monoisotopic (exact) mass is 295 g/mol. The largest absolute Gasteiger partial charge is 0.489 e. The van der Waals surface area contributed by atoms with E-state index in [2.05, 4.69) is 6.07 Å². The number of rotatable bonds is 5. The van der Waals surface area contributed by atoms with Crippen LogP contribution in [0, 0.1) is 0 Å². The van der Waals surface area contributed by atoms with E-state index in [9.17, 15) is 0 Å².